The quantitative estimate of drug-likeness (QED) is 0.803. The number of fused-ring (bicyclic) bond motifs is 1. The number of methoxy groups -OCH3 is 1. The number of para-hydroxylation sites is 1. The molecule has 0 amide bonds. The fraction of sp³-hybridized carbons (Fsp3) is 0.294. The van der Waals surface area contributed by atoms with Crippen LogP contribution in [-0.4, -0.2) is 21.9 Å². The normalized spacial score (nSPS) is 10.9. The topological polar surface area (TPSA) is 52.0 Å². The van der Waals surface area contributed by atoms with Gasteiger partial charge in [0.15, 0.2) is 5.82 Å². The highest BCUT2D eigenvalue weighted by molar-refractivity contribution is 5.92. The van der Waals surface area contributed by atoms with Crippen molar-refractivity contribution in [1.82, 2.24) is 14.8 Å². The molecule has 3 rings (SSSR count). The molecular formula is C17H20N4O. The predicted molar refractivity (Wildman–Crippen MR) is 88.3 cm³/mol. The SMILES string of the molecule is COc1ccccc1CNc1nncc2c(C)c(C)n(C)c12. The minimum atomic E-state index is 0.640. The van der Waals surface area contributed by atoms with Gasteiger partial charge in [-0.2, -0.15) is 5.10 Å². The van der Waals surface area contributed by atoms with Crippen molar-refractivity contribution >= 4 is 16.7 Å². The summed E-state index contributed by atoms with van der Waals surface area (Å²) in [5, 5.41) is 12.9. The Hall–Kier alpha value is -2.56. The highest BCUT2D eigenvalue weighted by atomic mass is 16.5. The molecule has 0 aliphatic rings. The Balaban J connectivity index is 1.96. The Kier molecular flexibility index (Phi) is 3.71. The zero-order valence-electron chi connectivity index (χ0n) is 13.3. The van der Waals surface area contributed by atoms with Crippen molar-refractivity contribution in [2.45, 2.75) is 20.4 Å². The van der Waals surface area contributed by atoms with E-state index in [2.05, 4.69) is 41.0 Å². The van der Waals surface area contributed by atoms with Crippen LogP contribution in [-0.2, 0) is 13.6 Å². The van der Waals surface area contributed by atoms with Crippen molar-refractivity contribution < 1.29 is 4.74 Å². The number of rotatable bonds is 4. The van der Waals surface area contributed by atoms with Crippen LogP contribution in [0.3, 0.4) is 0 Å². The number of hydrogen-bond acceptors (Lipinski definition) is 4. The third-order valence-corrected chi connectivity index (χ3v) is 4.25. The molecule has 5 nitrogen and oxygen atoms in total. The summed E-state index contributed by atoms with van der Waals surface area (Å²) in [4.78, 5) is 0. The lowest BCUT2D eigenvalue weighted by atomic mass is 10.2. The Morgan fingerprint density at radius 1 is 1.23 bits per heavy atom. The van der Waals surface area contributed by atoms with Gasteiger partial charge < -0.3 is 14.6 Å². The van der Waals surface area contributed by atoms with E-state index in [1.165, 1.54) is 11.3 Å². The van der Waals surface area contributed by atoms with Crippen LogP contribution in [0.25, 0.3) is 10.9 Å². The van der Waals surface area contributed by atoms with Gasteiger partial charge in [-0.25, -0.2) is 0 Å². The van der Waals surface area contributed by atoms with Crippen molar-refractivity contribution in [1.29, 1.82) is 0 Å². The number of anilines is 1. The molecule has 2 heterocycles. The highest BCUT2D eigenvalue weighted by Gasteiger charge is 2.14. The van der Waals surface area contributed by atoms with E-state index >= 15 is 0 Å². The first-order valence-electron chi connectivity index (χ1n) is 7.26. The van der Waals surface area contributed by atoms with Crippen molar-refractivity contribution in [3.05, 3.63) is 47.3 Å². The molecule has 1 N–H and O–H groups in total. The van der Waals surface area contributed by atoms with Crippen molar-refractivity contribution in [3.63, 3.8) is 0 Å². The summed E-state index contributed by atoms with van der Waals surface area (Å²) in [6, 6.07) is 7.97. The Labute approximate surface area is 129 Å². The van der Waals surface area contributed by atoms with E-state index in [-0.39, 0.29) is 0 Å². The van der Waals surface area contributed by atoms with E-state index in [0.29, 0.717) is 6.54 Å². The van der Waals surface area contributed by atoms with E-state index in [1.807, 2.05) is 30.5 Å². The maximum absolute atomic E-state index is 5.39. The third kappa shape index (κ3) is 2.28. The number of nitrogens with one attached hydrogen (secondary N) is 1. The van der Waals surface area contributed by atoms with Crippen LogP contribution >= 0.6 is 0 Å². The molecule has 0 saturated carbocycles. The monoisotopic (exact) mass is 296 g/mol. The summed E-state index contributed by atoms with van der Waals surface area (Å²) in [6.45, 7) is 4.86. The molecule has 0 bridgehead atoms. The molecule has 22 heavy (non-hydrogen) atoms. The molecule has 2 aromatic heterocycles. The maximum atomic E-state index is 5.39. The fourth-order valence-corrected chi connectivity index (χ4v) is 2.76. The van der Waals surface area contributed by atoms with Gasteiger partial charge in [-0.1, -0.05) is 18.2 Å². The average Bonchev–Trinajstić information content (AvgIpc) is 2.78. The minimum absolute atomic E-state index is 0.640. The van der Waals surface area contributed by atoms with Gasteiger partial charge in [-0.05, 0) is 25.5 Å². The Bertz CT molecular complexity index is 823. The summed E-state index contributed by atoms with van der Waals surface area (Å²) >= 11 is 0. The smallest absolute Gasteiger partial charge is 0.173 e. The number of aryl methyl sites for hydroxylation is 2. The van der Waals surface area contributed by atoms with Crippen LogP contribution in [0.4, 0.5) is 5.82 Å². The highest BCUT2D eigenvalue weighted by Crippen LogP contribution is 2.28. The van der Waals surface area contributed by atoms with Crippen molar-refractivity contribution in [3.8, 4) is 5.75 Å². The first-order valence-corrected chi connectivity index (χ1v) is 7.26. The number of hydrogen-bond donors (Lipinski definition) is 1. The lowest BCUT2D eigenvalue weighted by molar-refractivity contribution is 0.410. The van der Waals surface area contributed by atoms with Crippen LogP contribution in [0.1, 0.15) is 16.8 Å². The lowest BCUT2D eigenvalue weighted by Gasteiger charge is -2.11. The molecule has 0 atom stereocenters. The van der Waals surface area contributed by atoms with Crippen LogP contribution in [0, 0.1) is 13.8 Å². The summed E-state index contributed by atoms with van der Waals surface area (Å²) < 4.78 is 7.54. The molecular weight excluding hydrogens is 276 g/mol. The largest absolute Gasteiger partial charge is 0.496 e. The van der Waals surface area contributed by atoms with Crippen LogP contribution in [0.2, 0.25) is 0 Å². The van der Waals surface area contributed by atoms with Crippen molar-refractivity contribution in [2.24, 2.45) is 7.05 Å². The molecule has 0 fully saturated rings. The van der Waals surface area contributed by atoms with Gasteiger partial charge in [0.1, 0.15) is 5.75 Å². The first kappa shape index (κ1) is 14.4. The third-order valence-electron chi connectivity index (χ3n) is 4.25. The number of ether oxygens (including phenoxy) is 1. The molecule has 114 valence electrons. The second-order valence-corrected chi connectivity index (χ2v) is 5.39. The van der Waals surface area contributed by atoms with Crippen molar-refractivity contribution in [2.75, 3.05) is 12.4 Å². The molecule has 0 saturated heterocycles. The van der Waals surface area contributed by atoms with E-state index in [0.717, 1.165) is 28.0 Å². The van der Waals surface area contributed by atoms with Crippen LogP contribution < -0.4 is 10.1 Å². The fourth-order valence-electron chi connectivity index (χ4n) is 2.76. The maximum Gasteiger partial charge on any atom is 0.173 e. The number of aromatic nitrogens is 3. The molecule has 0 aliphatic carbocycles. The zero-order chi connectivity index (χ0) is 15.7. The standard InChI is InChI=1S/C17H20N4O/c1-11-12(2)21(3)16-14(11)10-19-20-17(16)18-9-13-7-5-6-8-15(13)22-4/h5-8,10H,9H2,1-4H3,(H,18,20). The second-order valence-electron chi connectivity index (χ2n) is 5.39. The van der Waals surface area contributed by atoms with E-state index < -0.39 is 0 Å². The average molecular weight is 296 g/mol. The van der Waals surface area contributed by atoms with Gasteiger partial charge in [0, 0.05) is 30.2 Å². The van der Waals surface area contributed by atoms with Gasteiger partial charge in [0.25, 0.3) is 0 Å². The summed E-state index contributed by atoms with van der Waals surface area (Å²) in [7, 11) is 3.74. The van der Waals surface area contributed by atoms with E-state index in [1.54, 1.807) is 7.11 Å². The Morgan fingerprint density at radius 3 is 2.77 bits per heavy atom. The summed E-state index contributed by atoms with van der Waals surface area (Å²) in [5.41, 5.74) is 4.64. The van der Waals surface area contributed by atoms with E-state index in [9.17, 15) is 0 Å². The molecule has 3 aromatic rings. The molecule has 0 aliphatic heterocycles. The van der Waals surface area contributed by atoms with Crippen LogP contribution in [0.15, 0.2) is 30.5 Å². The zero-order valence-corrected chi connectivity index (χ0v) is 13.3. The number of nitrogens with zero attached hydrogens (tertiary/aromatic N) is 3. The Morgan fingerprint density at radius 2 is 2.00 bits per heavy atom. The first-order chi connectivity index (χ1) is 10.6. The number of benzene rings is 1. The van der Waals surface area contributed by atoms with Crippen LogP contribution in [0.5, 0.6) is 5.75 Å². The van der Waals surface area contributed by atoms with Gasteiger partial charge >= 0.3 is 0 Å². The molecule has 0 unspecified atom stereocenters. The van der Waals surface area contributed by atoms with Gasteiger partial charge in [0.05, 0.1) is 18.8 Å². The molecule has 0 radical (unpaired) electrons. The molecule has 1 aromatic carbocycles. The minimum Gasteiger partial charge on any atom is -0.496 e. The second kappa shape index (κ2) is 5.67. The molecule has 0 spiro atoms. The summed E-state index contributed by atoms with van der Waals surface area (Å²) in [6.07, 6.45) is 1.83. The van der Waals surface area contributed by atoms with Gasteiger partial charge in [-0.15, -0.1) is 5.10 Å². The molecule has 5 heteroatoms. The van der Waals surface area contributed by atoms with Gasteiger partial charge in [-0.3, -0.25) is 0 Å². The summed E-state index contributed by atoms with van der Waals surface area (Å²) in [5.74, 6) is 1.66. The predicted octanol–water partition coefficient (Wildman–Crippen LogP) is 3.21. The van der Waals surface area contributed by atoms with Gasteiger partial charge in [0.2, 0.25) is 0 Å². The van der Waals surface area contributed by atoms with E-state index in [4.69, 9.17) is 4.74 Å². The lowest BCUT2D eigenvalue weighted by Crippen LogP contribution is -2.06.